The lowest BCUT2D eigenvalue weighted by Crippen LogP contribution is -2.51. The molecule has 3 amide bonds. The van der Waals surface area contributed by atoms with Gasteiger partial charge in [0.25, 0.3) is 5.91 Å². The first kappa shape index (κ1) is 17.8. The van der Waals surface area contributed by atoms with Gasteiger partial charge in [-0.2, -0.15) is 0 Å². The van der Waals surface area contributed by atoms with Crippen molar-refractivity contribution < 1.29 is 19.1 Å². The maximum atomic E-state index is 11.6. The number of benzene rings is 1. The molecule has 120 valence electrons. The molecule has 8 heteroatoms. The number of carbonyl (C=O) groups is 3. The van der Waals surface area contributed by atoms with E-state index in [-0.39, 0.29) is 11.7 Å². The van der Waals surface area contributed by atoms with E-state index in [1.165, 1.54) is 25.8 Å². The Labute approximate surface area is 133 Å². The van der Waals surface area contributed by atoms with E-state index in [0.717, 1.165) is 10.5 Å². The Hall–Kier alpha value is -2.22. The first-order chi connectivity index (χ1) is 10.4. The summed E-state index contributed by atoms with van der Waals surface area (Å²) in [5.74, 6) is -0.717. The van der Waals surface area contributed by atoms with Crippen molar-refractivity contribution in [3.63, 3.8) is 0 Å². The van der Waals surface area contributed by atoms with E-state index in [1.807, 2.05) is 31.2 Å². The average Bonchev–Trinajstić information content (AvgIpc) is 2.51. The van der Waals surface area contributed by atoms with E-state index in [2.05, 4.69) is 20.9 Å². The Kier molecular flexibility index (Phi) is 7.24. The second-order valence-electron chi connectivity index (χ2n) is 4.50. The van der Waals surface area contributed by atoms with Crippen LogP contribution in [0.25, 0.3) is 0 Å². The van der Waals surface area contributed by atoms with Gasteiger partial charge >= 0.3 is 6.09 Å². The molecule has 0 unspecified atom stereocenters. The number of ether oxygens (including phenoxy) is 1. The normalized spacial score (nSPS) is 11.2. The highest BCUT2D eigenvalue weighted by Gasteiger charge is 2.16. The molecule has 3 N–H and O–H groups in total. The smallest absolute Gasteiger partial charge is 0.407 e. The number of hydrogen-bond acceptors (Lipinski definition) is 5. The largest absolute Gasteiger partial charge is 0.453 e. The number of nitrogens with one attached hydrogen (secondary N) is 3. The Balaban J connectivity index is 2.29. The highest BCUT2D eigenvalue weighted by molar-refractivity contribution is 8.00. The summed E-state index contributed by atoms with van der Waals surface area (Å²) in [5, 5.41) is 2.29. The summed E-state index contributed by atoms with van der Waals surface area (Å²) in [6, 6.07) is 6.95. The number of thioether (sulfide) groups is 1. The zero-order chi connectivity index (χ0) is 16.5. The minimum Gasteiger partial charge on any atom is -0.453 e. The van der Waals surface area contributed by atoms with Crippen molar-refractivity contribution in [1.29, 1.82) is 0 Å². The summed E-state index contributed by atoms with van der Waals surface area (Å²) < 4.78 is 4.37. The summed E-state index contributed by atoms with van der Waals surface area (Å²) in [4.78, 5) is 35.1. The summed E-state index contributed by atoms with van der Waals surface area (Å²) in [5.41, 5.74) is 5.67. The van der Waals surface area contributed by atoms with Crippen molar-refractivity contribution in [1.82, 2.24) is 16.2 Å². The van der Waals surface area contributed by atoms with Crippen LogP contribution < -0.4 is 16.2 Å². The van der Waals surface area contributed by atoms with E-state index in [1.54, 1.807) is 0 Å². The van der Waals surface area contributed by atoms with Gasteiger partial charge in [-0.3, -0.25) is 20.4 Å². The van der Waals surface area contributed by atoms with Crippen molar-refractivity contribution in [3.8, 4) is 0 Å². The molecular weight excluding hydrogens is 306 g/mol. The zero-order valence-corrected chi connectivity index (χ0v) is 13.5. The lowest BCUT2D eigenvalue weighted by atomic mass is 10.2. The van der Waals surface area contributed by atoms with E-state index in [0.29, 0.717) is 0 Å². The van der Waals surface area contributed by atoms with E-state index < -0.39 is 18.0 Å². The van der Waals surface area contributed by atoms with Crippen LogP contribution in [0, 0.1) is 6.92 Å². The number of alkyl carbamates (subject to hydrolysis) is 1. The first-order valence-corrected chi connectivity index (χ1v) is 7.53. The fourth-order valence-corrected chi connectivity index (χ4v) is 2.06. The SMILES string of the molecule is COC(=O)N[C@@H](C)C(=O)NNC(=O)CSc1ccc(C)cc1. The molecule has 0 aliphatic heterocycles. The molecule has 0 aliphatic rings. The van der Waals surface area contributed by atoms with Crippen LogP contribution in [0.2, 0.25) is 0 Å². The van der Waals surface area contributed by atoms with E-state index >= 15 is 0 Å². The third-order valence-electron chi connectivity index (χ3n) is 2.63. The molecule has 22 heavy (non-hydrogen) atoms. The van der Waals surface area contributed by atoms with Crippen LogP contribution >= 0.6 is 11.8 Å². The summed E-state index contributed by atoms with van der Waals surface area (Å²) in [6.45, 7) is 3.46. The number of carbonyl (C=O) groups excluding carboxylic acids is 3. The van der Waals surface area contributed by atoms with Crippen LogP contribution in [0.15, 0.2) is 29.2 Å². The van der Waals surface area contributed by atoms with Crippen molar-refractivity contribution in [2.45, 2.75) is 24.8 Å². The van der Waals surface area contributed by atoms with Crippen molar-refractivity contribution in [2.24, 2.45) is 0 Å². The molecule has 0 aliphatic carbocycles. The van der Waals surface area contributed by atoms with Gasteiger partial charge in [-0.05, 0) is 26.0 Å². The minimum atomic E-state index is -0.822. The fraction of sp³-hybridized carbons (Fsp3) is 0.357. The molecule has 0 aromatic heterocycles. The highest BCUT2D eigenvalue weighted by atomic mass is 32.2. The molecule has 0 saturated carbocycles. The quantitative estimate of drug-likeness (QED) is 0.554. The summed E-state index contributed by atoms with van der Waals surface area (Å²) in [7, 11) is 1.20. The topological polar surface area (TPSA) is 96.5 Å². The molecule has 0 spiro atoms. The van der Waals surface area contributed by atoms with Gasteiger partial charge in [0.05, 0.1) is 12.9 Å². The molecule has 0 heterocycles. The second kappa shape index (κ2) is 8.93. The van der Waals surface area contributed by atoms with Gasteiger partial charge < -0.3 is 10.1 Å². The number of aryl methyl sites for hydroxylation is 1. The maximum absolute atomic E-state index is 11.6. The number of rotatable bonds is 5. The third-order valence-corrected chi connectivity index (χ3v) is 3.64. The van der Waals surface area contributed by atoms with Crippen LogP contribution in [0.5, 0.6) is 0 Å². The predicted octanol–water partition coefficient (Wildman–Crippen LogP) is 0.979. The molecule has 0 fully saturated rings. The van der Waals surface area contributed by atoms with Crippen LogP contribution in [0.1, 0.15) is 12.5 Å². The van der Waals surface area contributed by atoms with Gasteiger partial charge in [0.15, 0.2) is 0 Å². The van der Waals surface area contributed by atoms with Gasteiger partial charge in [0.1, 0.15) is 6.04 Å². The van der Waals surface area contributed by atoms with Gasteiger partial charge in [-0.1, -0.05) is 17.7 Å². The molecule has 0 bridgehead atoms. The molecule has 1 atom stereocenters. The lowest BCUT2D eigenvalue weighted by Gasteiger charge is -2.13. The minimum absolute atomic E-state index is 0.169. The number of hydrogen-bond donors (Lipinski definition) is 3. The number of amides is 3. The zero-order valence-electron chi connectivity index (χ0n) is 12.6. The molecular formula is C14H19N3O4S. The van der Waals surface area contributed by atoms with Gasteiger partial charge in [0.2, 0.25) is 5.91 Å². The van der Waals surface area contributed by atoms with E-state index in [4.69, 9.17) is 0 Å². The molecule has 1 rings (SSSR count). The van der Waals surface area contributed by atoms with Crippen molar-refractivity contribution in [2.75, 3.05) is 12.9 Å². The predicted molar refractivity (Wildman–Crippen MR) is 83.2 cm³/mol. The first-order valence-electron chi connectivity index (χ1n) is 6.55. The summed E-state index contributed by atoms with van der Waals surface area (Å²) >= 11 is 1.36. The average molecular weight is 325 g/mol. The van der Waals surface area contributed by atoms with Gasteiger partial charge in [0, 0.05) is 4.90 Å². The van der Waals surface area contributed by atoms with E-state index in [9.17, 15) is 14.4 Å². The number of hydrazine groups is 1. The molecule has 1 aromatic carbocycles. The Morgan fingerprint density at radius 3 is 2.41 bits per heavy atom. The lowest BCUT2D eigenvalue weighted by molar-refractivity contribution is -0.128. The Morgan fingerprint density at radius 2 is 1.82 bits per heavy atom. The molecule has 0 radical (unpaired) electrons. The van der Waals surface area contributed by atoms with Crippen LogP contribution in [-0.4, -0.2) is 36.8 Å². The molecule has 0 saturated heterocycles. The fourth-order valence-electron chi connectivity index (χ4n) is 1.36. The van der Waals surface area contributed by atoms with Crippen LogP contribution in [-0.2, 0) is 14.3 Å². The monoisotopic (exact) mass is 325 g/mol. The van der Waals surface area contributed by atoms with Crippen LogP contribution in [0.3, 0.4) is 0 Å². The third kappa shape index (κ3) is 6.49. The Morgan fingerprint density at radius 1 is 1.18 bits per heavy atom. The molecule has 1 aromatic rings. The second-order valence-corrected chi connectivity index (χ2v) is 5.55. The van der Waals surface area contributed by atoms with Gasteiger partial charge in [-0.15, -0.1) is 11.8 Å². The maximum Gasteiger partial charge on any atom is 0.407 e. The standard InChI is InChI=1S/C14H19N3O4S/c1-9-4-6-11(7-5-9)22-8-12(18)16-17-13(19)10(2)15-14(20)21-3/h4-7,10H,8H2,1-3H3,(H,15,20)(H,16,18)(H,17,19)/t10-/m0/s1. The van der Waals surface area contributed by atoms with Crippen molar-refractivity contribution in [3.05, 3.63) is 29.8 Å². The number of methoxy groups -OCH3 is 1. The van der Waals surface area contributed by atoms with Crippen molar-refractivity contribution >= 4 is 29.7 Å². The highest BCUT2D eigenvalue weighted by Crippen LogP contribution is 2.17. The van der Waals surface area contributed by atoms with Crippen LogP contribution in [0.4, 0.5) is 4.79 Å². The van der Waals surface area contributed by atoms with Gasteiger partial charge in [-0.25, -0.2) is 4.79 Å². The Bertz CT molecular complexity index is 533. The summed E-state index contributed by atoms with van der Waals surface area (Å²) in [6.07, 6.45) is -0.719. The molecule has 7 nitrogen and oxygen atoms in total.